The summed E-state index contributed by atoms with van der Waals surface area (Å²) in [6, 6.07) is 10.8. The number of alkyl halides is 3. The third-order valence-corrected chi connectivity index (χ3v) is 4.79. The summed E-state index contributed by atoms with van der Waals surface area (Å²) in [5.41, 5.74) is 1.53. The number of halogens is 3. The number of carbonyl (C=O) groups excluding carboxylic acids is 1. The highest BCUT2D eigenvalue weighted by Gasteiger charge is 2.35. The molecule has 0 aliphatic rings. The number of hydrogen-bond acceptors (Lipinski definition) is 5. The van der Waals surface area contributed by atoms with Crippen LogP contribution in [-0.2, 0) is 15.8 Å². The number of hydrogen-bond donors (Lipinski definition) is 2. The van der Waals surface area contributed by atoms with Gasteiger partial charge in [-0.25, -0.2) is 9.50 Å². The second-order valence-electron chi connectivity index (χ2n) is 7.19. The molecule has 0 spiro atoms. The Labute approximate surface area is 184 Å². The molecule has 3 aromatic heterocycles. The first-order chi connectivity index (χ1) is 15.6. The molecule has 33 heavy (non-hydrogen) atoms. The molecule has 1 amide bonds. The summed E-state index contributed by atoms with van der Waals surface area (Å²) in [4.78, 5) is 30.5. The number of aliphatic carboxylic acids is 1. The lowest BCUT2D eigenvalue weighted by atomic mass is 10.1. The number of carboxylic acid groups (broad SMARTS) is 1. The number of nitrogens with zero attached hydrogens (tertiary/aromatic N) is 4. The summed E-state index contributed by atoms with van der Waals surface area (Å²) in [7, 11) is 0. The summed E-state index contributed by atoms with van der Waals surface area (Å²) in [6.45, 7) is 1.75. The quantitative estimate of drug-likeness (QED) is 0.437. The lowest BCUT2D eigenvalue weighted by Crippen LogP contribution is -2.16. The van der Waals surface area contributed by atoms with Crippen molar-refractivity contribution in [1.82, 2.24) is 19.6 Å². The van der Waals surface area contributed by atoms with Gasteiger partial charge in [-0.2, -0.15) is 18.3 Å². The second kappa shape index (κ2) is 8.34. The predicted octanol–water partition coefficient (Wildman–Crippen LogP) is 4.20. The third-order valence-electron chi connectivity index (χ3n) is 4.79. The fraction of sp³-hybridized carbons (Fsp3) is 0.136. The Balaban J connectivity index is 1.70. The van der Waals surface area contributed by atoms with Gasteiger partial charge >= 0.3 is 12.1 Å². The number of amides is 1. The molecule has 0 saturated carbocycles. The van der Waals surface area contributed by atoms with Crippen molar-refractivity contribution in [3.8, 4) is 22.5 Å². The van der Waals surface area contributed by atoms with Crippen LogP contribution in [0.3, 0.4) is 0 Å². The van der Waals surface area contributed by atoms with Crippen LogP contribution in [0.2, 0.25) is 0 Å². The van der Waals surface area contributed by atoms with Crippen LogP contribution in [0, 0.1) is 6.92 Å². The van der Waals surface area contributed by atoms with Crippen molar-refractivity contribution in [2.45, 2.75) is 19.5 Å². The predicted molar refractivity (Wildman–Crippen MR) is 112 cm³/mol. The summed E-state index contributed by atoms with van der Waals surface area (Å²) in [6.07, 6.45) is -2.67. The monoisotopic (exact) mass is 455 g/mol. The fourth-order valence-electron chi connectivity index (χ4n) is 3.25. The van der Waals surface area contributed by atoms with Crippen LogP contribution >= 0.6 is 0 Å². The first-order valence-electron chi connectivity index (χ1n) is 9.63. The SMILES string of the molecule is Cc1ccc(-c2cn3nc(-c4cccnc4C(F)(F)F)ccc3n2)cc1NC(=O)CC(=O)O. The number of carbonyl (C=O) groups is 2. The molecule has 0 unspecified atom stereocenters. The van der Waals surface area contributed by atoms with Crippen molar-refractivity contribution in [2.75, 3.05) is 5.32 Å². The molecular formula is C22H16F3N5O3. The topological polar surface area (TPSA) is 109 Å². The number of anilines is 1. The lowest BCUT2D eigenvalue weighted by molar-refractivity contribution is -0.141. The molecule has 8 nitrogen and oxygen atoms in total. The summed E-state index contributed by atoms with van der Waals surface area (Å²) in [5, 5.41) is 15.6. The number of benzene rings is 1. The molecule has 1 aromatic carbocycles. The number of nitrogens with one attached hydrogen (secondary N) is 1. The average molecular weight is 455 g/mol. The van der Waals surface area contributed by atoms with Crippen LogP contribution in [0.15, 0.2) is 54.9 Å². The molecule has 4 rings (SSSR count). The van der Waals surface area contributed by atoms with E-state index in [0.29, 0.717) is 22.6 Å². The zero-order valence-corrected chi connectivity index (χ0v) is 17.1. The molecule has 11 heteroatoms. The van der Waals surface area contributed by atoms with Gasteiger partial charge < -0.3 is 10.4 Å². The number of aryl methyl sites for hydroxylation is 1. The van der Waals surface area contributed by atoms with Crippen molar-refractivity contribution < 1.29 is 27.9 Å². The van der Waals surface area contributed by atoms with E-state index >= 15 is 0 Å². The van der Waals surface area contributed by atoms with E-state index in [2.05, 4.69) is 20.4 Å². The van der Waals surface area contributed by atoms with Gasteiger partial charge in [0.15, 0.2) is 11.3 Å². The van der Waals surface area contributed by atoms with Gasteiger partial charge in [0.05, 0.1) is 17.6 Å². The summed E-state index contributed by atoms with van der Waals surface area (Å²) < 4.78 is 41.4. The zero-order chi connectivity index (χ0) is 23.8. The lowest BCUT2D eigenvalue weighted by Gasteiger charge is -2.10. The second-order valence-corrected chi connectivity index (χ2v) is 7.19. The van der Waals surface area contributed by atoms with Crippen molar-refractivity contribution in [1.29, 1.82) is 0 Å². The summed E-state index contributed by atoms with van der Waals surface area (Å²) >= 11 is 0. The molecule has 4 aromatic rings. The van der Waals surface area contributed by atoms with E-state index in [9.17, 15) is 22.8 Å². The van der Waals surface area contributed by atoms with Crippen LogP contribution < -0.4 is 5.32 Å². The standard InChI is InChI=1S/C22H16F3N5O3/c1-12-4-5-13(9-16(12)28-19(31)10-20(32)33)17-11-30-18(27-17)7-6-15(29-30)14-3-2-8-26-21(14)22(23,24)25/h2-9,11H,10H2,1H3,(H,28,31)(H,32,33). The molecule has 0 aliphatic carbocycles. The number of fused-ring (bicyclic) bond motifs is 1. The Morgan fingerprint density at radius 3 is 2.64 bits per heavy atom. The average Bonchev–Trinajstić information content (AvgIpc) is 3.17. The molecule has 3 heterocycles. The maximum atomic E-state index is 13.3. The molecule has 0 saturated heterocycles. The minimum atomic E-state index is -4.63. The maximum Gasteiger partial charge on any atom is 0.434 e. The van der Waals surface area contributed by atoms with Gasteiger partial charge in [-0.05, 0) is 42.8 Å². The van der Waals surface area contributed by atoms with Gasteiger partial charge in [0, 0.05) is 23.0 Å². The molecule has 0 bridgehead atoms. The van der Waals surface area contributed by atoms with Crippen LogP contribution in [0.1, 0.15) is 17.7 Å². The van der Waals surface area contributed by atoms with Crippen LogP contribution in [-0.4, -0.2) is 36.6 Å². The number of carboxylic acids is 1. The fourth-order valence-corrected chi connectivity index (χ4v) is 3.25. The first-order valence-corrected chi connectivity index (χ1v) is 9.63. The minimum absolute atomic E-state index is 0.0809. The van der Waals surface area contributed by atoms with Crippen LogP contribution in [0.4, 0.5) is 18.9 Å². The van der Waals surface area contributed by atoms with Gasteiger partial charge in [-0.1, -0.05) is 12.1 Å². The third kappa shape index (κ3) is 4.66. The number of aromatic nitrogens is 4. The van der Waals surface area contributed by atoms with Crippen molar-refractivity contribution >= 4 is 23.2 Å². The van der Waals surface area contributed by atoms with E-state index in [4.69, 9.17) is 5.11 Å². The minimum Gasteiger partial charge on any atom is -0.481 e. The van der Waals surface area contributed by atoms with Gasteiger partial charge in [-0.15, -0.1) is 0 Å². The van der Waals surface area contributed by atoms with E-state index in [0.717, 1.165) is 11.8 Å². The Kier molecular flexibility index (Phi) is 5.54. The number of imidazole rings is 1. The van der Waals surface area contributed by atoms with E-state index in [1.54, 1.807) is 37.4 Å². The van der Waals surface area contributed by atoms with E-state index in [1.165, 1.54) is 22.7 Å². The van der Waals surface area contributed by atoms with Gasteiger partial charge in [0.25, 0.3) is 0 Å². The Morgan fingerprint density at radius 1 is 1.12 bits per heavy atom. The molecule has 0 aliphatic heterocycles. The molecule has 0 radical (unpaired) electrons. The first kappa shape index (κ1) is 21.9. The highest BCUT2D eigenvalue weighted by Crippen LogP contribution is 2.34. The molecule has 0 fully saturated rings. The smallest absolute Gasteiger partial charge is 0.434 e. The van der Waals surface area contributed by atoms with Crippen molar-refractivity contribution in [3.63, 3.8) is 0 Å². The molecule has 0 atom stereocenters. The highest BCUT2D eigenvalue weighted by atomic mass is 19.4. The molecule has 168 valence electrons. The number of rotatable bonds is 5. The van der Waals surface area contributed by atoms with Crippen LogP contribution in [0.25, 0.3) is 28.2 Å². The highest BCUT2D eigenvalue weighted by molar-refractivity contribution is 6.02. The van der Waals surface area contributed by atoms with Gasteiger partial charge in [0.2, 0.25) is 5.91 Å². The van der Waals surface area contributed by atoms with Gasteiger partial charge in [-0.3, -0.25) is 14.6 Å². The maximum absolute atomic E-state index is 13.3. The molecule has 2 N–H and O–H groups in total. The largest absolute Gasteiger partial charge is 0.481 e. The van der Waals surface area contributed by atoms with E-state index < -0.39 is 30.2 Å². The Hall–Kier alpha value is -4.28. The zero-order valence-electron chi connectivity index (χ0n) is 17.1. The normalized spacial score (nSPS) is 11.5. The van der Waals surface area contributed by atoms with Gasteiger partial charge in [0.1, 0.15) is 6.42 Å². The molecular weight excluding hydrogens is 439 g/mol. The van der Waals surface area contributed by atoms with E-state index in [-0.39, 0.29) is 11.3 Å². The van der Waals surface area contributed by atoms with Crippen LogP contribution in [0.5, 0.6) is 0 Å². The number of pyridine rings is 1. The van der Waals surface area contributed by atoms with Crippen molar-refractivity contribution in [2.24, 2.45) is 0 Å². The van der Waals surface area contributed by atoms with E-state index in [1.807, 2.05) is 0 Å². The Bertz CT molecular complexity index is 1380. The van der Waals surface area contributed by atoms with Crippen molar-refractivity contribution in [3.05, 3.63) is 66.1 Å². The Morgan fingerprint density at radius 2 is 1.91 bits per heavy atom. The summed E-state index contributed by atoms with van der Waals surface area (Å²) in [5.74, 6) is -1.91.